The summed E-state index contributed by atoms with van der Waals surface area (Å²) >= 11 is 1.57. The Morgan fingerprint density at radius 3 is 2.80 bits per heavy atom. The standard InChI is InChI=1S/C22H32N6OS/c1-3-20-25-26-22(30-20)24-19-8-4-7-18(23-19)17-6-5-11-27(14-17)15-21(29)28-12-9-16(2)10-13-28/h4,7-8,16-17H,3,5-6,9-15H2,1-2H3,(H,23,24,26)/t17-/m0/s1. The largest absolute Gasteiger partial charge is 0.342 e. The minimum atomic E-state index is 0.286. The highest BCUT2D eigenvalue weighted by atomic mass is 32.1. The second-order valence-electron chi connectivity index (χ2n) is 8.56. The first kappa shape index (κ1) is 21.2. The highest BCUT2D eigenvalue weighted by Crippen LogP contribution is 2.28. The van der Waals surface area contributed by atoms with E-state index >= 15 is 0 Å². The van der Waals surface area contributed by atoms with E-state index in [1.165, 1.54) is 0 Å². The van der Waals surface area contributed by atoms with E-state index in [9.17, 15) is 4.79 Å². The maximum Gasteiger partial charge on any atom is 0.236 e. The lowest BCUT2D eigenvalue weighted by Crippen LogP contribution is -2.46. The predicted octanol–water partition coefficient (Wildman–Crippen LogP) is 3.68. The number of likely N-dealkylation sites (tertiary alicyclic amines) is 2. The second-order valence-corrected chi connectivity index (χ2v) is 9.63. The van der Waals surface area contributed by atoms with E-state index in [4.69, 9.17) is 4.98 Å². The van der Waals surface area contributed by atoms with Crippen LogP contribution in [0, 0.1) is 5.92 Å². The molecule has 4 rings (SSSR count). The van der Waals surface area contributed by atoms with Gasteiger partial charge in [0.05, 0.1) is 6.54 Å². The number of amides is 1. The number of pyridine rings is 1. The fraction of sp³-hybridized carbons (Fsp3) is 0.636. The normalized spacial score (nSPS) is 21.0. The third kappa shape index (κ3) is 5.35. The maximum atomic E-state index is 12.7. The van der Waals surface area contributed by atoms with E-state index in [1.54, 1.807) is 11.3 Å². The summed E-state index contributed by atoms with van der Waals surface area (Å²) in [5.41, 5.74) is 1.09. The molecule has 0 spiro atoms. The van der Waals surface area contributed by atoms with Crippen molar-refractivity contribution in [1.82, 2.24) is 25.0 Å². The first-order valence-electron chi connectivity index (χ1n) is 11.2. The molecule has 0 radical (unpaired) electrons. The molecule has 0 saturated carbocycles. The lowest BCUT2D eigenvalue weighted by atomic mass is 9.94. The fourth-order valence-electron chi connectivity index (χ4n) is 4.29. The zero-order valence-corrected chi connectivity index (χ0v) is 18.8. The molecule has 2 aliphatic rings. The van der Waals surface area contributed by atoms with Gasteiger partial charge in [-0.25, -0.2) is 4.98 Å². The third-order valence-electron chi connectivity index (χ3n) is 6.19. The lowest BCUT2D eigenvalue weighted by Gasteiger charge is -2.35. The van der Waals surface area contributed by atoms with Gasteiger partial charge in [0.1, 0.15) is 10.8 Å². The van der Waals surface area contributed by atoms with Crippen LogP contribution in [0.3, 0.4) is 0 Å². The Morgan fingerprint density at radius 1 is 1.20 bits per heavy atom. The van der Waals surface area contributed by atoms with Crippen LogP contribution in [-0.2, 0) is 11.2 Å². The fourth-order valence-corrected chi connectivity index (χ4v) is 4.98. The zero-order chi connectivity index (χ0) is 20.9. The molecule has 0 unspecified atom stereocenters. The highest BCUT2D eigenvalue weighted by Gasteiger charge is 2.27. The molecule has 1 atom stereocenters. The van der Waals surface area contributed by atoms with Crippen molar-refractivity contribution in [3.63, 3.8) is 0 Å². The third-order valence-corrected chi connectivity index (χ3v) is 7.18. The molecule has 30 heavy (non-hydrogen) atoms. The van der Waals surface area contributed by atoms with E-state index in [1.807, 2.05) is 12.1 Å². The average Bonchev–Trinajstić information content (AvgIpc) is 3.22. The van der Waals surface area contributed by atoms with Crippen molar-refractivity contribution in [2.45, 2.75) is 51.9 Å². The Bertz CT molecular complexity index is 848. The number of carbonyl (C=O) groups excluding carboxylic acids is 1. The number of hydrogen-bond donors (Lipinski definition) is 1. The van der Waals surface area contributed by atoms with Gasteiger partial charge < -0.3 is 10.2 Å². The first-order valence-corrected chi connectivity index (χ1v) is 12.0. The van der Waals surface area contributed by atoms with Gasteiger partial charge in [0, 0.05) is 31.2 Å². The van der Waals surface area contributed by atoms with E-state index in [0.29, 0.717) is 12.5 Å². The molecule has 1 N–H and O–H groups in total. The zero-order valence-electron chi connectivity index (χ0n) is 18.0. The summed E-state index contributed by atoms with van der Waals surface area (Å²) in [6.45, 7) is 8.61. The number of aryl methyl sites for hydroxylation is 1. The molecular formula is C22H32N6OS. The van der Waals surface area contributed by atoms with Gasteiger partial charge in [0.15, 0.2) is 0 Å². The Kier molecular flexibility index (Phi) is 6.94. The van der Waals surface area contributed by atoms with Crippen LogP contribution in [0.4, 0.5) is 10.9 Å². The van der Waals surface area contributed by atoms with Crippen LogP contribution in [0.2, 0.25) is 0 Å². The van der Waals surface area contributed by atoms with Crippen molar-refractivity contribution in [1.29, 1.82) is 0 Å². The number of piperidine rings is 2. The van der Waals surface area contributed by atoms with Crippen molar-refractivity contribution < 1.29 is 4.79 Å². The van der Waals surface area contributed by atoms with Crippen LogP contribution in [0.1, 0.15) is 56.2 Å². The number of nitrogens with zero attached hydrogens (tertiary/aromatic N) is 5. The summed E-state index contributed by atoms with van der Waals surface area (Å²) in [4.78, 5) is 22.0. The van der Waals surface area contributed by atoms with E-state index in [-0.39, 0.29) is 5.91 Å². The van der Waals surface area contributed by atoms with Crippen molar-refractivity contribution in [2.75, 3.05) is 38.0 Å². The number of aromatic nitrogens is 3. The van der Waals surface area contributed by atoms with Gasteiger partial charge in [-0.2, -0.15) is 0 Å². The summed E-state index contributed by atoms with van der Waals surface area (Å²) in [7, 11) is 0. The average molecular weight is 429 g/mol. The van der Waals surface area contributed by atoms with Gasteiger partial charge in [-0.3, -0.25) is 9.69 Å². The van der Waals surface area contributed by atoms with Gasteiger partial charge in [-0.15, -0.1) is 10.2 Å². The molecule has 2 fully saturated rings. The topological polar surface area (TPSA) is 74.2 Å². The first-order chi connectivity index (χ1) is 14.6. The summed E-state index contributed by atoms with van der Waals surface area (Å²) < 4.78 is 0. The summed E-state index contributed by atoms with van der Waals surface area (Å²) in [5, 5.41) is 13.4. The predicted molar refractivity (Wildman–Crippen MR) is 120 cm³/mol. The molecular weight excluding hydrogens is 396 g/mol. The molecule has 2 aromatic heterocycles. The van der Waals surface area contributed by atoms with Crippen LogP contribution in [0.15, 0.2) is 18.2 Å². The van der Waals surface area contributed by atoms with Crippen LogP contribution in [-0.4, -0.2) is 63.6 Å². The van der Waals surface area contributed by atoms with Gasteiger partial charge in [-0.1, -0.05) is 31.3 Å². The Labute approximate surface area is 182 Å². The minimum absolute atomic E-state index is 0.286. The molecule has 162 valence electrons. The number of anilines is 2. The lowest BCUT2D eigenvalue weighted by molar-refractivity contribution is -0.134. The number of carbonyl (C=O) groups is 1. The summed E-state index contributed by atoms with van der Waals surface area (Å²) in [5.74, 6) is 2.19. The molecule has 0 bridgehead atoms. The van der Waals surface area contributed by atoms with Gasteiger partial charge in [-0.05, 0) is 56.7 Å². The minimum Gasteiger partial charge on any atom is -0.342 e. The smallest absolute Gasteiger partial charge is 0.236 e. The quantitative estimate of drug-likeness (QED) is 0.757. The van der Waals surface area contributed by atoms with Crippen LogP contribution < -0.4 is 5.32 Å². The van der Waals surface area contributed by atoms with Crippen molar-refractivity contribution in [2.24, 2.45) is 5.92 Å². The number of rotatable bonds is 6. The van der Waals surface area contributed by atoms with Crippen LogP contribution in [0.5, 0.6) is 0 Å². The molecule has 2 saturated heterocycles. The Balaban J connectivity index is 1.35. The van der Waals surface area contributed by atoms with Gasteiger partial charge >= 0.3 is 0 Å². The van der Waals surface area contributed by atoms with Crippen LogP contribution in [0.25, 0.3) is 0 Å². The summed E-state index contributed by atoms with van der Waals surface area (Å²) in [6.07, 6.45) is 5.37. The molecule has 0 aromatic carbocycles. The number of hydrogen-bond acceptors (Lipinski definition) is 7. The molecule has 1 amide bonds. The van der Waals surface area contributed by atoms with E-state index < -0.39 is 0 Å². The van der Waals surface area contributed by atoms with Crippen molar-refractivity contribution in [3.8, 4) is 0 Å². The summed E-state index contributed by atoms with van der Waals surface area (Å²) in [6, 6.07) is 6.12. The molecule has 2 aromatic rings. The second kappa shape index (κ2) is 9.83. The molecule has 4 heterocycles. The van der Waals surface area contributed by atoms with Gasteiger partial charge in [0.2, 0.25) is 11.0 Å². The Hall–Kier alpha value is -2.06. The number of nitrogens with one attached hydrogen (secondary N) is 1. The monoisotopic (exact) mass is 428 g/mol. The van der Waals surface area contributed by atoms with Crippen molar-refractivity contribution in [3.05, 3.63) is 28.9 Å². The maximum absolute atomic E-state index is 12.7. The molecule has 7 nitrogen and oxygen atoms in total. The van der Waals surface area contributed by atoms with E-state index in [2.05, 4.69) is 45.2 Å². The SMILES string of the molecule is CCc1nnc(Nc2cccc([C@H]3CCCN(CC(=O)N4CCC(C)CC4)C3)n2)s1. The van der Waals surface area contributed by atoms with Crippen LogP contribution >= 0.6 is 11.3 Å². The molecule has 0 aliphatic carbocycles. The highest BCUT2D eigenvalue weighted by molar-refractivity contribution is 7.15. The van der Waals surface area contributed by atoms with Gasteiger partial charge in [0.25, 0.3) is 0 Å². The van der Waals surface area contributed by atoms with Crippen molar-refractivity contribution >= 4 is 28.2 Å². The van der Waals surface area contributed by atoms with E-state index in [0.717, 1.165) is 85.9 Å². The Morgan fingerprint density at radius 2 is 2.03 bits per heavy atom. The molecule has 8 heteroatoms. The molecule has 2 aliphatic heterocycles.